The largest absolute Gasteiger partial charge is 0.389 e. The van der Waals surface area contributed by atoms with Gasteiger partial charge in [-0.3, -0.25) is 9.20 Å². The van der Waals surface area contributed by atoms with Crippen molar-refractivity contribution < 1.29 is 18.0 Å². The van der Waals surface area contributed by atoms with Gasteiger partial charge in [0.25, 0.3) is 5.56 Å². The summed E-state index contributed by atoms with van der Waals surface area (Å²) in [6, 6.07) is 6.81. The van der Waals surface area contributed by atoms with Crippen molar-refractivity contribution in [2.75, 3.05) is 7.05 Å². The Morgan fingerprint density at radius 2 is 1.94 bits per heavy atom. The van der Waals surface area contributed by atoms with Gasteiger partial charge >= 0.3 is 6.18 Å². The number of nitrogens with zero attached hydrogens (tertiary/aromatic N) is 6. The fourth-order valence-corrected chi connectivity index (χ4v) is 3.32. The van der Waals surface area contributed by atoms with Crippen molar-refractivity contribution in [3.8, 4) is 11.3 Å². The maximum atomic E-state index is 12.6. The van der Waals surface area contributed by atoms with Crippen molar-refractivity contribution in [2.45, 2.75) is 38.5 Å². The Balaban J connectivity index is 0.000000363. The van der Waals surface area contributed by atoms with Gasteiger partial charge in [-0.25, -0.2) is 4.98 Å². The fraction of sp³-hybridized carbons (Fsp3) is 0.333. The molecule has 1 aromatic carbocycles. The highest BCUT2D eigenvalue weighted by Crippen LogP contribution is 2.23. The first kappa shape index (κ1) is 26.0. The molecule has 4 aromatic rings. The van der Waals surface area contributed by atoms with E-state index in [1.807, 2.05) is 7.05 Å². The van der Waals surface area contributed by atoms with Crippen LogP contribution in [-0.4, -0.2) is 54.1 Å². The van der Waals surface area contributed by atoms with Crippen LogP contribution in [0.25, 0.3) is 17.0 Å². The van der Waals surface area contributed by atoms with E-state index in [0.29, 0.717) is 34.9 Å². The first-order valence-corrected chi connectivity index (χ1v) is 10.8. The number of aryl methyl sites for hydroxylation is 1. The van der Waals surface area contributed by atoms with E-state index < -0.39 is 18.2 Å². The fourth-order valence-electron chi connectivity index (χ4n) is 3.20. The van der Waals surface area contributed by atoms with Crippen LogP contribution in [-0.2, 0) is 24.3 Å². The highest BCUT2D eigenvalue weighted by atomic mass is 35.5. The topological polar surface area (TPSA) is 123 Å². The second kappa shape index (κ2) is 11.7. The van der Waals surface area contributed by atoms with Crippen molar-refractivity contribution in [3.63, 3.8) is 0 Å². The molecule has 0 bridgehead atoms. The van der Waals surface area contributed by atoms with E-state index in [2.05, 4.69) is 30.9 Å². The summed E-state index contributed by atoms with van der Waals surface area (Å²) < 4.78 is 40.1. The summed E-state index contributed by atoms with van der Waals surface area (Å²) in [4.78, 5) is 27.8. The van der Waals surface area contributed by atoms with Gasteiger partial charge in [0.1, 0.15) is 6.29 Å². The first-order valence-electron chi connectivity index (χ1n) is 10.5. The van der Waals surface area contributed by atoms with Crippen molar-refractivity contribution in [1.82, 2.24) is 39.9 Å². The van der Waals surface area contributed by atoms with Gasteiger partial charge < -0.3 is 14.7 Å². The standard InChI is InChI=1S/C18H15ClF3N3O2.C3H7N5/c19-14-4-2-12(3-5-14)15-11-25-16(27)13(6-9-26)10-24(17(25)23-15)8-1-7-18(20,21)22;1-4-2-3-5-7-8-6-3/h2-5,9-11H,1,6-8H2;4H,2H2,1H3,(H,5,6,7,8). The minimum Gasteiger partial charge on any atom is -0.318 e. The molecule has 14 heteroatoms. The number of fused-ring (bicyclic) bond motifs is 1. The number of tetrazole rings is 1. The number of carbonyl (C=O) groups excluding carboxylic acids is 1. The molecule has 3 aromatic heterocycles. The molecule has 0 unspecified atom stereocenters. The smallest absolute Gasteiger partial charge is 0.318 e. The number of hydrogen-bond donors (Lipinski definition) is 2. The summed E-state index contributed by atoms with van der Waals surface area (Å²) in [6.07, 6.45) is -1.99. The Kier molecular flexibility index (Phi) is 8.71. The second-order valence-electron chi connectivity index (χ2n) is 7.40. The number of aldehydes is 1. The van der Waals surface area contributed by atoms with Crippen LogP contribution >= 0.6 is 11.6 Å². The lowest BCUT2D eigenvalue weighted by Crippen LogP contribution is -2.22. The Morgan fingerprint density at radius 3 is 2.54 bits per heavy atom. The van der Waals surface area contributed by atoms with E-state index in [1.54, 1.807) is 24.3 Å². The van der Waals surface area contributed by atoms with Crippen LogP contribution in [0.15, 0.2) is 41.5 Å². The zero-order valence-electron chi connectivity index (χ0n) is 18.6. The van der Waals surface area contributed by atoms with Crippen LogP contribution in [0.3, 0.4) is 0 Å². The van der Waals surface area contributed by atoms with E-state index in [-0.39, 0.29) is 30.7 Å². The quantitative estimate of drug-likeness (QED) is 0.349. The third-order valence-corrected chi connectivity index (χ3v) is 5.03. The van der Waals surface area contributed by atoms with Crippen LogP contribution in [0.1, 0.15) is 24.2 Å². The molecule has 0 aliphatic carbocycles. The van der Waals surface area contributed by atoms with E-state index in [9.17, 15) is 22.8 Å². The molecule has 10 nitrogen and oxygen atoms in total. The predicted octanol–water partition coefficient (Wildman–Crippen LogP) is 2.82. The second-order valence-corrected chi connectivity index (χ2v) is 7.84. The lowest BCUT2D eigenvalue weighted by molar-refractivity contribution is -0.135. The molecule has 2 N–H and O–H groups in total. The number of rotatable bonds is 8. The molecule has 186 valence electrons. The minimum absolute atomic E-state index is 0.0201. The number of nitrogens with one attached hydrogen (secondary N) is 2. The third-order valence-electron chi connectivity index (χ3n) is 4.78. The number of alkyl halides is 3. The maximum Gasteiger partial charge on any atom is 0.389 e. The van der Waals surface area contributed by atoms with Crippen LogP contribution in [0.2, 0.25) is 5.02 Å². The maximum absolute atomic E-state index is 12.6. The highest BCUT2D eigenvalue weighted by molar-refractivity contribution is 6.30. The lowest BCUT2D eigenvalue weighted by Gasteiger charge is -2.11. The molecule has 0 atom stereocenters. The monoisotopic (exact) mass is 510 g/mol. The van der Waals surface area contributed by atoms with Gasteiger partial charge in [-0.15, -0.1) is 10.2 Å². The number of benzene rings is 1. The molecular weight excluding hydrogens is 489 g/mol. The predicted molar refractivity (Wildman–Crippen MR) is 122 cm³/mol. The molecule has 0 saturated heterocycles. The number of hydrogen-bond acceptors (Lipinski definition) is 7. The van der Waals surface area contributed by atoms with Gasteiger partial charge in [-0.05, 0) is 25.6 Å². The Hall–Kier alpha value is -3.58. The van der Waals surface area contributed by atoms with Crippen molar-refractivity contribution >= 4 is 23.7 Å². The molecule has 0 aliphatic rings. The number of aromatic nitrogens is 7. The van der Waals surface area contributed by atoms with Crippen molar-refractivity contribution in [1.29, 1.82) is 0 Å². The van der Waals surface area contributed by atoms with E-state index in [4.69, 9.17) is 11.6 Å². The van der Waals surface area contributed by atoms with Crippen LogP contribution in [0.5, 0.6) is 0 Å². The number of halogens is 4. The average Bonchev–Trinajstić information content (AvgIpc) is 3.48. The molecule has 0 radical (unpaired) electrons. The van der Waals surface area contributed by atoms with Crippen LogP contribution < -0.4 is 10.9 Å². The number of aromatic amines is 1. The molecule has 4 rings (SSSR count). The normalized spacial score (nSPS) is 11.3. The summed E-state index contributed by atoms with van der Waals surface area (Å²) in [7, 11) is 1.83. The molecule has 3 heterocycles. The van der Waals surface area contributed by atoms with Gasteiger partial charge in [-0.2, -0.15) is 18.4 Å². The van der Waals surface area contributed by atoms with Crippen LogP contribution in [0, 0.1) is 0 Å². The summed E-state index contributed by atoms with van der Waals surface area (Å²) in [6.45, 7) is 0.683. The number of carbonyl (C=O) groups is 1. The first-order chi connectivity index (χ1) is 16.7. The van der Waals surface area contributed by atoms with Gasteiger partial charge in [0.15, 0.2) is 5.82 Å². The molecule has 0 aliphatic heterocycles. The zero-order valence-corrected chi connectivity index (χ0v) is 19.3. The highest BCUT2D eigenvalue weighted by Gasteiger charge is 2.26. The van der Waals surface area contributed by atoms with Gasteiger partial charge in [0.05, 0.1) is 12.2 Å². The minimum atomic E-state index is -4.26. The third kappa shape index (κ3) is 7.20. The Morgan fingerprint density at radius 1 is 1.20 bits per heavy atom. The van der Waals surface area contributed by atoms with Gasteiger partial charge in [-0.1, -0.05) is 28.9 Å². The van der Waals surface area contributed by atoms with E-state index in [0.717, 1.165) is 0 Å². The number of H-pyrrole nitrogens is 1. The molecule has 0 amide bonds. The molecule has 0 saturated carbocycles. The SMILES string of the molecule is CNCc1nn[nH]n1.O=CCc1cn(CCCC(F)(F)F)c2nc(-c3ccc(Cl)cc3)cn2c1=O. The number of imidazole rings is 1. The molecule has 0 spiro atoms. The summed E-state index contributed by atoms with van der Waals surface area (Å²) in [5.41, 5.74) is 0.972. The van der Waals surface area contributed by atoms with E-state index >= 15 is 0 Å². The van der Waals surface area contributed by atoms with Crippen molar-refractivity contribution in [3.05, 3.63) is 63.4 Å². The molecular formula is C21H22ClF3N8O2. The zero-order chi connectivity index (χ0) is 25.4. The molecule has 0 fully saturated rings. The van der Waals surface area contributed by atoms with Crippen molar-refractivity contribution in [2.24, 2.45) is 0 Å². The lowest BCUT2D eigenvalue weighted by atomic mass is 10.2. The summed E-state index contributed by atoms with van der Waals surface area (Å²) in [5.74, 6) is 0.911. The van der Waals surface area contributed by atoms with Gasteiger partial charge in [0.2, 0.25) is 5.78 Å². The Bertz CT molecular complexity index is 1300. The molecule has 35 heavy (non-hydrogen) atoms. The average molecular weight is 511 g/mol. The van der Waals surface area contributed by atoms with E-state index in [1.165, 1.54) is 21.4 Å². The Labute approximate surface area is 202 Å². The van der Waals surface area contributed by atoms with Crippen LogP contribution in [0.4, 0.5) is 13.2 Å². The summed E-state index contributed by atoms with van der Waals surface area (Å²) >= 11 is 5.87. The summed E-state index contributed by atoms with van der Waals surface area (Å²) in [5, 5.41) is 16.5. The van der Waals surface area contributed by atoms with Gasteiger partial charge in [0, 0.05) is 47.9 Å².